The first-order chi connectivity index (χ1) is 9.19. The number of aromatic amines is 1. The zero-order chi connectivity index (χ0) is 13.8. The first kappa shape index (κ1) is 13.6. The van der Waals surface area contributed by atoms with Crippen LogP contribution >= 0.6 is 0 Å². The minimum atomic E-state index is 0.248. The van der Waals surface area contributed by atoms with Crippen molar-refractivity contribution in [2.45, 2.75) is 26.2 Å². The van der Waals surface area contributed by atoms with E-state index in [4.69, 9.17) is 10.5 Å². The highest BCUT2D eigenvalue weighted by atomic mass is 16.5. The summed E-state index contributed by atoms with van der Waals surface area (Å²) in [6, 6.07) is 6.19. The first-order valence-corrected chi connectivity index (χ1v) is 6.61. The zero-order valence-electron chi connectivity index (χ0n) is 11.7. The Bertz CT molecular complexity index is 548. The summed E-state index contributed by atoms with van der Waals surface area (Å²) in [5, 5.41) is 0. The third-order valence-corrected chi connectivity index (χ3v) is 3.39. The van der Waals surface area contributed by atoms with Gasteiger partial charge in [0.1, 0.15) is 11.6 Å². The fraction of sp³-hybridized carbons (Fsp3) is 0.400. The average Bonchev–Trinajstić information content (AvgIpc) is 2.95. The normalized spacial score (nSPS) is 12.4. The number of aryl methyl sites for hydroxylation is 1. The summed E-state index contributed by atoms with van der Waals surface area (Å²) in [5.41, 5.74) is 9.00. The molecule has 4 heteroatoms. The van der Waals surface area contributed by atoms with Gasteiger partial charge in [0.2, 0.25) is 0 Å². The summed E-state index contributed by atoms with van der Waals surface area (Å²) in [5.74, 6) is 2.12. The summed E-state index contributed by atoms with van der Waals surface area (Å²) in [6.07, 6.45) is 2.81. The molecule has 102 valence electrons. The molecular weight excluding hydrogens is 238 g/mol. The molecule has 0 aliphatic heterocycles. The van der Waals surface area contributed by atoms with Crippen molar-refractivity contribution in [3.05, 3.63) is 35.8 Å². The van der Waals surface area contributed by atoms with Gasteiger partial charge in [-0.25, -0.2) is 4.98 Å². The number of hydrogen-bond donors (Lipinski definition) is 2. The Hall–Kier alpha value is -1.81. The molecule has 0 aliphatic rings. The molecule has 0 saturated heterocycles. The SMILES string of the molecule is CCc1cc(-c2cnc(C(C)CN)[nH]2)ccc1OC. The molecule has 0 saturated carbocycles. The van der Waals surface area contributed by atoms with Gasteiger partial charge in [0.25, 0.3) is 0 Å². The van der Waals surface area contributed by atoms with Crippen molar-refractivity contribution >= 4 is 0 Å². The van der Waals surface area contributed by atoms with Crippen molar-refractivity contribution in [3.63, 3.8) is 0 Å². The third-order valence-electron chi connectivity index (χ3n) is 3.39. The fourth-order valence-corrected chi connectivity index (χ4v) is 2.07. The highest BCUT2D eigenvalue weighted by Crippen LogP contribution is 2.26. The molecule has 1 unspecified atom stereocenters. The zero-order valence-corrected chi connectivity index (χ0v) is 11.7. The number of aromatic nitrogens is 2. The Morgan fingerprint density at radius 3 is 2.84 bits per heavy atom. The lowest BCUT2D eigenvalue weighted by molar-refractivity contribution is 0.410. The standard InChI is InChI=1S/C15H21N3O/c1-4-11-7-12(5-6-14(11)19-3)13-9-17-15(18-13)10(2)8-16/h5-7,9-10H,4,8,16H2,1-3H3,(H,17,18). The number of nitrogens with two attached hydrogens (primary N) is 1. The van der Waals surface area contributed by atoms with Crippen LogP contribution in [0, 0.1) is 0 Å². The van der Waals surface area contributed by atoms with Crippen LogP contribution in [-0.4, -0.2) is 23.6 Å². The molecule has 1 aromatic carbocycles. The molecule has 2 aromatic rings. The predicted octanol–water partition coefficient (Wildman–Crippen LogP) is 2.71. The summed E-state index contributed by atoms with van der Waals surface area (Å²) < 4.78 is 5.35. The molecule has 0 amide bonds. The first-order valence-electron chi connectivity index (χ1n) is 6.61. The highest BCUT2D eigenvalue weighted by Gasteiger charge is 2.10. The number of imidazole rings is 1. The smallest absolute Gasteiger partial charge is 0.122 e. The Kier molecular flexibility index (Phi) is 4.22. The summed E-state index contributed by atoms with van der Waals surface area (Å²) in [7, 11) is 1.70. The van der Waals surface area contributed by atoms with E-state index in [1.807, 2.05) is 18.3 Å². The number of methoxy groups -OCH3 is 1. The van der Waals surface area contributed by atoms with E-state index in [1.165, 1.54) is 5.56 Å². The molecule has 0 aliphatic carbocycles. The predicted molar refractivity (Wildman–Crippen MR) is 77.4 cm³/mol. The molecule has 2 rings (SSSR count). The average molecular weight is 259 g/mol. The van der Waals surface area contributed by atoms with E-state index in [2.05, 4.69) is 29.9 Å². The van der Waals surface area contributed by atoms with Gasteiger partial charge in [-0.2, -0.15) is 0 Å². The number of hydrogen-bond acceptors (Lipinski definition) is 3. The van der Waals surface area contributed by atoms with Gasteiger partial charge in [0.15, 0.2) is 0 Å². The van der Waals surface area contributed by atoms with Crippen molar-refractivity contribution in [1.29, 1.82) is 0 Å². The number of ether oxygens (including phenoxy) is 1. The highest BCUT2D eigenvalue weighted by molar-refractivity contribution is 5.61. The van der Waals surface area contributed by atoms with Crippen LogP contribution in [0.4, 0.5) is 0 Å². The Labute approximate surface area is 114 Å². The van der Waals surface area contributed by atoms with Gasteiger partial charge in [-0.15, -0.1) is 0 Å². The van der Waals surface area contributed by atoms with E-state index < -0.39 is 0 Å². The second kappa shape index (κ2) is 5.89. The Morgan fingerprint density at radius 1 is 1.42 bits per heavy atom. The molecular formula is C15H21N3O. The van der Waals surface area contributed by atoms with Crippen LogP contribution in [0.2, 0.25) is 0 Å². The Morgan fingerprint density at radius 2 is 2.21 bits per heavy atom. The van der Waals surface area contributed by atoms with Gasteiger partial charge < -0.3 is 15.5 Å². The Balaban J connectivity index is 2.34. The molecule has 1 heterocycles. The van der Waals surface area contributed by atoms with E-state index in [0.29, 0.717) is 6.54 Å². The molecule has 0 spiro atoms. The van der Waals surface area contributed by atoms with E-state index in [0.717, 1.165) is 29.3 Å². The van der Waals surface area contributed by atoms with Crippen LogP contribution in [0.3, 0.4) is 0 Å². The number of nitrogens with zero attached hydrogens (tertiary/aromatic N) is 1. The number of H-pyrrole nitrogens is 1. The molecule has 4 nitrogen and oxygen atoms in total. The fourth-order valence-electron chi connectivity index (χ4n) is 2.07. The molecule has 3 N–H and O–H groups in total. The van der Waals surface area contributed by atoms with Crippen molar-refractivity contribution in [2.75, 3.05) is 13.7 Å². The number of nitrogens with one attached hydrogen (secondary N) is 1. The van der Waals surface area contributed by atoms with E-state index in [-0.39, 0.29) is 5.92 Å². The topological polar surface area (TPSA) is 63.9 Å². The second-order valence-electron chi connectivity index (χ2n) is 4.70. The summed E-state index contributed by atoms with van der Waals surface area (Å²) in [6.45, 7) is 4.78. The minimum Gasteiger partial charge on any atom is -0.496 e. The maximum Gasteiger partial charge on any atom is 0.122 e. The lowest BCUT2D eigenvalue weighted by Gasteiger charge is -2.08. The maximum atomic E-state index is 5.66. The third kappa shape index (κ3) is 2.79. The summed E-state index contributed by atoms with van der Waals surface area (Å²) in [4.78, 5) is 7.73. The number of rotatable bonds is 5. The van der Waals surface area contributed by atoms with Gasteiger partial charge >= 0.3 is 0 Å². The van der Waals surface area contributed by atoms with E-state index in [1.54, 1.807) is 7.11 Å². The van der Waals surface area contributed by atoms with Gasteiger partial charge in [0, 0.05) is 18.0 Å². The van der Waals surface area contributed by atoms with Crippen LogP contribution in [0.15, 0.2) is 24.4 Å². The van der Waals surface area contributed by atoms with Gasteiger partial charge in [-0.05, 0) is 30.2 Å². The van der Waals surface area contributed by atoms with Crippen LogP contribution in [0.1, 0.15) is 31.2 Å². The molecule has 0 bridgehead atoms. The maximum absolute atomic E-state index is 5.66. The molecule has 1 aromatic heterocycles. The quantitative estimate of drug-likeness (QED) is 0.867. The number of benzene rings is 1. The van der Waals surface area contributed by atoms with Crippen molar-refractivity contribution in [2.24, 2.45) is 5.73 Å². The lowest BCUT2D eigenvalue weighted by Crippen LogP contribution is -2.10. The lowest BCUT2D eigenvalue weighted by atomic mass is 10.1. The molecule has 1 atom stereocenters. The molecule has 0 fully saturated rings. The largest absolute Gasteiger partial charge is 0.496 e. The van der Waals surface area contributed by atoms with Crippen LogP contribution in [0.5, 0.6) is 5.75 Å². The van der Waals surface area contributed by atoms with Crippen LogP contribution in [0.25, 0.3) is 11.3 Å². The molecule has 19 heavy (non-hydrogen) atoms. The van der Waals surface area contributed by atoms with E-state index >= 15 is 0 Å². The molecule has 0 radical (unpaired) electrons. The second-order valence-corrected chi connectivity index (χ2v) is 4.70. The van der Waals surface area contributed by atoms with Crippen molar-refractivity contribution < 1.29 is 4.74 Å². The van der Waals surface area contributed by atoms with Crippen LogP contribution < -0.4 is 10.5 Å². The summed E-state index contributed by atoms with van der Waals surface area (Å²) >= 11 is 0. The van der Waals surface area contributed by atoms with Gasteiger partial charge in [-0.1, -0.05) is 13.8 Å². The van der Waals surface area contributed by atoms with Crippen molar-refractivity contribution in [3.8, 4) is 17.0 Å². The van der Waals surface area contributed by atoms with Gasteiger partial charge in [-0.3, -0.25) is 0 Å². The monoisotopic (exact) mass is 259 g/mol. The van der Waals surface area contributed by atoms with Crippen molar-refractivity contribution in [1.82, 2.24) is 9.97 Å². The van der Waals surface area contributed by atoms with E-state index in [9.17, 15) is 0 Å². The minimum absolute atomic E-state index is 0.248. The van der Waals surface area contributed by atoms with Crippen LogP contribution in [-0.2, 0) is 6.42 Å². The van der Waals surface area contributed by atoms with Gasteiger partial charge in [0.05, 0.1) is 19.0 Å².